The third-order valence-corrected chi connectivity index (χ3v) is 4.41. The highest BCUT2D eigenvalue weighted by Gasteiger charge is 2.28. The van der Waals surface area contributed by atoms with Crippen molar-refractivity contribution in [1.29, 1.82) is 0 Å². The molecule has 20 heavy (non-hydrogen) atoms. The minimum absolute atomic E-state index is 0.464. The molecule has 0 radical (unpaired) electrons. The molecule has 0 saturated heterocycles. The van der Waals surface area contributed by atoms with Gasteiger partial charge < -0.3 is 10.3 Å². The molecule has 0 amide bonds. The van der Waals surface area contributed by atoms with E-state index in [1.54, 1.807) is 0 Å². The van der Waals surface area contributed by atoms with Crippen molar-refractivity contribution in [3.63, 3.8) is 0 Å². The molecule has 1 aliphatic carbocycles. The second kappa shape index (κ2) is 5.27. The van der Waals surface area contributed by atoms with Gasteiger partial charge in [0.25, 0.3) is 5.89 Å². The van der Waals surface area contributed by atoms with E-state index in [1.807, 2.05) is 25.1 Å². The summed E-state index contributed by atoms with van der Waals surface area (Å²) in [6.07, 6.45) is 4.90. The van der Waals surface area contributed by atoms with Crippen LogP contribution in [0.5, 0.6) is 0 Å². The summed E-state index contributed by atoms with van der Waals surface area (Å²) in [5.74, 6) is 2.76. The number of hydrogen-bond donors (Lipinski definition) is 1. The van der Waals surface area contributed by atoms with Gasteiger partial charge in [-0.25, -0.2) is 0 Å². The Hall–Kier alpha value is -1.84. The standard InChI is InChI=1S/C16H21N3O/c1-3-11-4-5-12(9-11)15-18-16(20-19-15)14-7-6-13(17)8-10(14)2/h6-8,11-12H,3-5,9,17H2,1-2H3. The predicted molar refractivity (Wildman–Crippen MR) is 79.3 cm³/mol. The number of anilines is 1. The molecule has 0 bridgehead atoms. The first-order valence-corrected chi connectivity index (χ1v) is 7.37. The Morgan fingerprint density at radius 1 is 1.35 bits per heavy atom. The van der Waals surface area contributed by atoms with E-state index in [-0.39, 0.29) is 0 Å². The first-order chi connectivity index (χ1) is 9.67. The molecule has 3 rings (SSSR count). The van der Waals surface area contributed by atoms with Crippen molar-refractivity contribution in [2.45, 2.75) is 45.4 Å². The number of rotatable bonds is 3. The van der Waals surface area contributed by atoms with Crippen LogP contribution in [0, 0.1) is 12.8 Å². The van der Waals surface area contributed by atoms with Crippen molar-refractivity contribution >= 4 is 5.69 Å². The summed E-state index contributed by atoms with van der Waals surface area (Å²) in [5.41, 5.74) is 8.57. The Morgan fingerprint density at radius 2 is 2.20 bits per heavy atom. The van der Waals surface area contributed by atoms with E-state index in [2.05, 4.69) is 17.1 Å². The first kappa shape index (κ1) is 13.2. The zero-order chi connectivity index (χ0) is 14.1. The molecule has 1 aliphatic rings. The van der Waals surface area contributed by atoms with Crippen molar-refractivity contribution in [3.05, 3.63) is 29.6 Å². The largest absolute Gasteiger partial charge is 0.399 e. The Balaban J connectivity index is 1.83. The highest BCUT2D eigenvalue weighted by atomic mass is 16.5. The molecule has 2 aromatic rings. The third-order valence-electron chi connectivity index (χ3n) is 4.41. The van der Waals surface area contributed by atoms with E-state index in [4.69, 9.17) is 10.3 Å². The van der Waals surface area contributed by atoms with E-state index in [9.17, 15) is 0 Å². The van der Waals surface area contributed by atoms with Crippen LogP contribution >= 0.6 is 0 Å². The lowest BCUT2D eigenvalue weighted by Gasteiger charge is -2.04. The van der Waals surface area contributed by atoms with Crippen LogP contribution in [0.1, 0.15) is 49.9 Å². The number of nitrogen functional groups attached to an aromatic ring is 1. The van der Waals surface area contributed by atoms with Gasteiger partial charge in [0.15, 0.2) is 5.82 Å². The summed E-state index contributed by atoms with van der Waals surface area (Å²) in [6, 6.07) is 5.75. The van der Waals surface area contributed by atoms with Gasteiger partial charge in [-0.05, 0) is 55.9 Å². The minimum Gasteiger partial charge on any atom is -0.399 e. The van der Waals surface area contributed by atoms with Gasteiger partial charge in [-0.2, -0.15) is 4.98 Å². The number of hydrogen-bond acceptors (Lipinski definition) is 4. The molecule has 4 nitrogen and oxygen atoms in total. The fourth-order valence-electron chi connectivity index (χ4n) is 3.12. The summed E-state index contributed by atoms with van der Waals surface area (Å²) in [7, 11) is 0. The molecule has 2 N–H and O–H groups in total. The van der Waals surface area contributed by atoms with E-state index < -0.39 is 0 Å². The molecule has 1 fully saturated rings. The smallest absolute Gasteiger partial charge is 0.258 e. The maximum absolute atomic E-state index is 5.77. The average Bonchev–Trinajstić information content (AvgIpc) is 3.07. The molecule has 1 saturated carbocycles. The number of aryl methyl sites for hydroxylation is 1. The second-order valence-corrected chi connectivity index (χ2v) is 5.82. The fourth-order valence-corrected chi connectivity index (χ4v) is 3.12. The van der Waals surface area contributed by atoms with Crippen molar-refractivity contribution in [2.24, 2.45) is 5.92 Å². The topological polar surface area (TPSA) is 64.9 Å². The van der Waals surface area contributed by atoms with Crippen LogP contribution in [-0.2, 0) is 0 Å². The van der Waals surface area contributed by atoms with Gasteiger partial charge in [0, 0.05) is 17.2 Å². The summed E-state index contributed by atoms with van der Waals surface area (Å²) in [4.78, 5) is 4.60. The summed E-state index contributed by atoms with van der Waals surface area (Å²) < 4.78 is 5.45. The molecular weight excluding hydrogens is 250 g/mol. The van der Waals surface area contributed by atoms with E-state index >= 15 is 0 Å². The zero-order valence-electron chi connectivity index (χ0n) is 12.1. The molecule has 0 aliphatic heterocycles. The molecule has 0 spiro atoms. The molecule has 2 atom stereocenters. The minimum atomic E-state index is 0.464. The van der Waals surface area contributed by atoms with Crippen LogP contribution in [0.15, 0.2) is 22.7 Å². The lowest BCUT2D eigenvalue weighted by molar-refractivity contribution is 0.413. The number of nitrogens with zero attached hydrogens (tertiary/aromatic N) is 2. The Bertz CT molecular complexity index is 606. The monoisotopic (exact) mass is 271 g/mol. The SMILES string of the molecule is CCC1CCC(c2noc(-c3ccc(N)cc3C)n2)C1. The van der Waals surface area contributed by atoms with Gasteiger partial charge in [0.05, 0.1) is 0 Å². The van der Waals surface area contributed by atoms with E-state index in [0.717, 1.165) is 28.6 Å². The zero-order valence-corrected chi connectivity index (χ0v) is 12.1. The van der Waals surface area contributed by atoms with Crippen molar-refractivity contribution in [1.82, 2.24) is 10.1 Å². The normalized spacial score (nSPS) is 22.3. The van der Waals surface area contributed by atoms with Gasteiger partial charge in [0.2, 0.25) is 0 Å². The molecule has 106 valence electrons. The lowest BCUT2D eigenvalue weighted by Crippen LogP contribution is -1.97. The Labute approximate surface area is 119 Å². The van der Waals surface area contributed by atoms with Crippen LogP contribution in [0.4, 0.5) is 5.69 Å². The van der Waals surface area contributed by atoms with Crippen LogP contribution < -0.4 is 5.73 Å². The maximum Gasteiger partial charge on any atom is 0.258 e. The summed E-state index contributed by atoms with van der Waals surface area (Å²) in [5, 5.41) is 4.19. The van der Waals surface area contributed by atoms with Crippen LogP contribution in [0.3, 0.4) is 0 Å². The highest BCUT2D eigenvalue weighted by Crippen LogP contribution is 2.39. The van der Waals surface area contributed by atoms with Crippen LogP contribution in [-0.4, -0.2) is 10.1 Å². The van der Waals surface area contributed by atoms with Crippen LogP contribution in [0.2, 0.25) is 0 Å². The Kier molecular flexibility index (Phi) is 3.47. The first-order valence-electron chi connectivity index (χ1n) is 7.37. The van der Waals surface area contributed by atoms with Gasteiger partial charge >= 0.3 is 0 Å². The highest BCUT2D eigenvalue weighted by molar-refractivity contribution is 5.62. The predicted octanol–water partition coefficient (Wildman–Crippen LogP) is 3.92. The van der Waals surface area contributed by atoms with E-state index in [0.29, 0.717) is 11.8 Å². The maximum atomic E-state index is 5.77. The molecule has 2 unspecified atom stereocenters. The quantitative estimate of drug-likeness (QED) is 0.859. The van der Waals surface area contributed by atoms with Gasteiger partial charge in [-0.1, -0.05) is 18.5 Å². The molecule has 1 heterocycles. The number of benzene rings is 1. The summed E-state index contributed by atoms with van der Waals surface area (Å²) >= 11 is 0. The molecular formula is C16H21N3O. The lowest BCUT2D eigenvalue weighted by atomic mass is 10.0. The van der Waals surface area contributed by atoms with Gasteiger partial charge in [0.1, 0.15) is 0 Å². The fraction of sp³-hybridized carbons (Fsp3) is 0.500. The van der Waals surface area contributed by atoms with E-state index in [1.165, 1.54) is 25.7 Å². The Morgan fingerprint density at radius 3 is 2.90 bits per heavy atom. The van der Waals surface area contributed by atoms with Crippen LogP contribution in [0.25, 0.3) is 11.5 Å². The molecule has 1 aromatic carbocycles. The third kappa shape index (κ3) is 2.42. The molecule has 1 aromatic heterocycles. The second-order valence-electron chi connectivity index (χ2n) is 5.82. The van der Waals surface area contributed by atoms with Crippen molar-refractivity contribution in [2.75, 3.05) is 5.73 Å². The molecule has 4 heteroatoms. The van der Waals surface area contributed by atoms with Gasteiger partial charge in [-0.3, -0.25) is 0 Å². The number of nitrogens with two attached hydrogens (primary N) is 1. The van der Waals surface area contributed by atoms with Crippen molar-refractivity contribution in [3.8, 4) is 11.5 Å². The number of aromatic nitrogens is 2. The van der Waals surface area contributed by atoms with Gasteiger partial charge in [-0.15, -0.1) is 0 Å². The average molecular weight is 271 g/mol. The van der Waals surface area contributed by atoms with Crippen molar-refractivity contribution < 1.29 is 4.52 Å². The summed E-state index contributed by atoms with van der Waals surface area (Å²) in [6.45, 7) is 4.27.